The molecule has 0 aliphatic carbocycles. The van der Waals surface area contributed by atoms with Crippen LogP contribution in [0.5, 0.6) is 17.2 Å². The zero-order valence-corrected chi connectivity index (χ0v) is 10.3. The topological polar surface area (TPSA) is 62.9 Å². The van der Waals surface area contributed by atoms with Crippen molar-refractivity contribution in [3.8, 4) is 17.2 Å². The third kappa shape index (κ3) is 2.41. The van der Waals surface area contributed by atoms with E-state index in [-0.39, 0.29) is 0 Å². The lowest BCUT2D eigenvalue weighted by Crippen LogP contribution is -2.18. The third-order valence-corrected chi connectivity index (χ3v) is 2.79. The Morgan fingerprint density at radius 2 is 2.18 bits per heavy atom. The summed E-state index contributed by atoms with van der Waals surface area (Å²) in [5.41, 5.74) is 0.820. The third-order valence-electron chi connectivity index (χ3n) is 2.51. The molecule has 2 N–H and O–H groups in total. The molecule has 0 spiro atoms. The SMILES string of the molecule is COc1c(Cl)cc2c(c1CCON)OCCO2. The molecule has 17 heavy (non-hydrogen) atoms. The van der Waals surface area contributed by atoms with Crippen LogP contribution in [-0.4, -0.2) is 26.9 Å². The Morgan fingerprint density at radius 1 is 1.41 bits per heavy atom. The molecule has 5 nitrogen and oxygen atoms in total. The predicted octanol–water partition coefficient (Wildman–Crippen LogP) is 1.55. The molecule has 1 aromatic rings. The molecule has 2 rings (SSSR count). The van der Waals surface area contributed by atoms with Crippen LogP contribution in [0, 0.1) is 0 Å². The molecular formula is C11H14ClNO4. The minimum atomic E-state index is 0.354. The summed E-state index contributed by atoms with van der Waals surface area (Å²) in [7, 11) is 1.56. The second-order valence-corrected chi connectivity index (χ2v) is 3.92. The fourth-order valence-electron chi connectivity index (χ4n) is 1.81. The minimum absolute atomic E-state index is 0.354. The van der Waals surface area contributed by atoms with Gasteiger partial charge < -0.3 is 19.0 Å². The second-order valence-electron chi connectivity index (χ2n) is 3.52. The van der Waals surface area contributed by atoms with Crippen molar-refractivity contribution in [3.05, 3.63) is 16.7 Å². The van der Waals surface area contributed by atoms with Crippen LogP contribution in [0.3, 0.4) is 0 Å². The molecule has 0 bridgehead atoms. The zero-order chi connectivity index (χ0) is 12.3. The summed E-state index contributed by atoms with van der Waals surface area (Å²) in [5, 5.41) is 0.490. The van der Waals surface area contributed by atoms with E-state index in [0.29, 0.717) is 48.5 Å². The number of halogens is 1. The van der Waals surface area contributed by atoms with Gasteiger partial charge in [-0.05, 0) is 0 Å². The van der Waals surface area contributed by atoms with E-state index in [2.05, 4.69) is 4.84 Å². The number of hydrogen-bond acceptors (Lipinski definition) is 5. The maximum atomic E-state index is 6.11. The Balaban J connectivity index is 2.45. The fraction of sp³-hybridized carbons (Fsp3) is 0.455. The average molecular weight is 260 g/mol. The Kier molecular flexibility index (Phi) is 3.93. The predicted molar refractivity (Wildman–Crippen MR) is 62.8 cm³/mol. The number of ether oxygens (including phenoxy) is 3. The first-order valence-corrected chi connectivity index (χ1v) is 5.62. The first kappa shape index (κ1) is 12.3. The molecule has 94 valence electrons. The lowest BCUT2D eigenvalue weighted by Gasteiger charge is -2.23. The molecule has 1 aliphatic heterocycles. The Hall–Kier alpha value is -1.17. The van der Waals surface area contributed by atoms with Gasteiger partial charge in [0.15, 0.2) is 11.5 Å². The number of methoxy groups -OCH3 is 1. The van der Waals surface area contributed by atoms with Crippen molar-refractivity contribution < 1.29 is 19.0 Å². The summed E-state index contributed by atoms with van der Waals surface area (Å²) >= 11 is 6.11. The van der Waals surface area contributed by atoms with Crippen molar-refractivity contribution in [2.24, 2.45) is 5.90 Å². The monoisotopic (exact) mass is 259 g/mol. The summed E-state index contributed by atoms with van der Waals surface area (Å²) in [4.78, 5) is 4.58. The van der Waals surface area contributed by atoms with Gasteiger partial charge in [0.2, 0.25) is 0 Å². The van der Waals surface area contributed by atoms with Gasteiger partial charge in [0, 0.05) is 18.1 Å². The van der Waals surface area contributed by atoms with Crippen molar-refractivity contribution in [1.82, 2.24) is 0 Å². The Morgan fingerprint density at radius 3 is 2.88 bits per heavy atom. The van der Waals surface area contributed by atoms with Crippen LogP contribution in [0.4, 0.5) is 0 Å². The molecule has 0 radical (unpaired) electrons. The van der Waals surface area contributed by atoms with E-state index in [1.807, 2.05) is 0 Å². The van der Waals surface area contributed by atoms with Crippen LogP contribution >= 0.6 is 11.6 Å². The van der Waals surface area contributed by atoms with E-state index in [1.165, 1.54) is 0 Å². The van der Waals surface area contributed by atoms with Gasteiger partial charge in [-0.3, -0.25) is 0 Å². The van der Waals surface area contributed by atoms with E-state index in [1.54, 1.807) is 13.2 Å². The van der Waals surface area contributed by atoms with Gasteiger partial charge in [-0.2, -0.15) is 0 Å². The van der Waals surface area contributed by atoms with E-state index >= 15 is 0 Å². The Labute approximate surface area is 104 Å². The number of benzene rings is 1. The maximum absolute atomic E-state index is 6.11. The van der Waals surface area contributed by atoms with Crippen molar-refractivity contribution in [1.29, 1.82) is 0 Å². The highest BCUT2D eigenvalue weighted by atomic mass is 35.5. The van der Waals surface area contributed by atoms with Crippen molar-refractivity contribution >= 4 is 11.6 Å². The fourth-order valence-corrected chi connectivity index (χ4v) is 2.10. The lowest BCUT2D eigenvalue weighted by molar-refractivity contribution is 0.137. The van der Waals surface area contributed by atoms with Gasteiger partial charge >= 0.3 is 0 Å². The summed E-state index contributed by atoms with van der Waals surface area (Å²) < 4.78 is 16.4. The van der Waals surface area contributed by atoms with Crippen molar-refractivity contribution in [2.45, 2.75) is 6.42 Å². The van der Waals surface area contributed by atoms with Crippen molar-refractivity contribution in [2.75, 3.05) is 26.9 Å². The van der Waals surface area contributed by atoms with E-state index in [4.69, 9.17) is 31.7 Å². The highest BCUT2D eigenvalue weighted by molar-refractivity contribution is 6.32. The first-order valence-electron chi connectivity index (χ1n) is 5.24. The van der Waals surface area contributed by atoms with Crippen LogP contribution in [-0.2, 0) is 11.3 Å². The lowest BCUT2D eigenvalue weighted by atomic mass is 10.1. The smallest absolute Gasteiger partial charge is 0.168 e. The van der Waals surface area contributed by atoms with Gasteiger partial charge in [-0.25, -0.2) is 5.90 Å². The second kappa shape index (κ2) is 5.44. The van der Waals surface area contributed by atoms with E-state index in [0.717, 1.165) is 5.56 Å². The van der Waals surface area contributed by atoms with Crippen LogP contribution in [0.2, 0.25) is 5.02 Å². The largest absolute Gasteiger partial charge is 0.495 e. The number of fused-ring (bicyclic) bond motifs is 1. The first-order chi connectivity index (χ1) is 8.27. The van der Waals surface area contributed by atoms with E-state index in [9.17, 15) is 0 Å². The normalized spacial score (nSPS) is 13.6. The average Bonchev–Trinajstić information content (AvgIpc) is 2.35. The summed E-state index contributed by atoms with van der Waals surface area (Å²) in [6, 6.07) is 1.70. The summed E-state index contributed by atoms with van der Waals surface area (Å²) in [6.45, 7) is 1.38. The molecule has 1 aromatic carbocycles. The molecule has 6 heteroatoms. The maximum Gasteiger partial charge on any atom is 0.168 e. The molecule has 0 aromatic heterocycles. The molecule has 0 saturated heterocycles. The van der Waals surface area contributed by atoms with Crippen LogP contribution in [0.1, 0.15) is 5.56 Å². The highest BCUT2D eigenvalue weighted by Crippen LogP contribution is 2.44. The van der Waals surface area contributed by atoms with Gasteiger partial charge in [0.1, 0.15) is 19.0 Å². The molecule has 0 unspecified atom stereocenters. The quantitative estimate of drug-likeness (QED) is 0.832. The molecular weight excluding hydrogens is 246 g/mol. The standard InChI is InChI=1S/C11H14ClNO4/c1-14-10-7(2-3-17-13)11-9(6-8(10)12)15-4-5-16-11/h6H,2-5,13H2,1H3. The van der Waals surface area contributed by atoms with Gasteiger partial charge in [-0.15, -0.1) is 0 Å². The summed E-state index contributed by atoms with van der Waals surface area (Å²) in [5.74, 6) is 6.91. The summed E-state index contributed by atoms with van der Waals surface area (Å²) in [6.07, 6.45) is 0.548. The number of nitrogens with two attached hydrogens (primary N) is 1. The molecule has 0 atom stereocenters. The van der Waals surface area contributed by atoms with Crippen LogP contribution in [0.15, 0.2) is 6.07 Å². The molecule has 0 fully saturated rings. The van der Waals surface area contributed by atoms with Gasteiger partial charge in [-0.1, -0.05) is 11.6 Å². The zero-order valence-electron chi connectivity index (χ0n) is 9.49. The number of hydrogen-bond donors (Lipinski definition) is 1. The van der Waals surface area contributed by atoms with Crippen molar-refractivity contribution in [3.63, 3.8) is 0 Å². The minimum Gasteiger partial charge on any atom is -0.495 e. The number of rotatable bonds is 4. The van der Waals surface area contributed by atoms with Gasteiger partial charge in [0.05, 0.1) is 18.7 Å². The molecule has 0 amide bonds. The molecule has 1 heterocycles. The van der Waals surface area contributed by atoms with Gasteiger partial charge in [0.25, 0.3) is 0 Å². The Bertz CT molecular complexity index is 411. The van der Waals surface area contributed by atoms with Crippen LogP contribution < -0.4 is 20.1 Å². The molecule has 0 saturated carbocycles. The van der Waals surface area contributed by atoms with E-state index < -0.39 is 0 Å². The molecule has 1 aliphatic rings. The highest BCUT2D eigenvalue weighted by Gasteiger charge is 2.22. The van der Waals surface area contributed by atoms with Crippen LogP contribution in [0.25, 0.3) is 0 Å².